The Kier molecular flexibility index (Phi) is 4.52. The van der Waals surface area contributed by atoms with Crippen molar-refractivity contribution in [1.82, 2.24) is 4.98 Å². The van der Waals surface area contributed by atoms with Crippen LogP contribution in [0.4, 0.5) is 0 Å². The molecule has 0 saturated heterocycles. The minimum atomic E-state index is -0.116. The third-order valence-corrected chi connectivity index (χ3v) is 4.37. The van der Waals surface area contributed by atoms with E-state index < -0.39 is 0 Å². The summed E-state index contributed by atoms with van der Waals surface area (Å²) in [5, 5.41) is 12.8. The van der Waals surface area contributed by atoms with Crippen LogP contribution < -0.4 is 4.74 Å². The molecule has 3 aromatic rings. The van der Waals surface area contributed by atoms with Crippen LogP contribution in [0.15, 0.2) is 47.8 Å². The van der Waals surface area contributed by atoms with E-state index in [1.165, 1.54) is 11.3 Å². The molecule has 1 N–H and O–H groups in total. The van der Waals surface area contributed by atoms with E-state index in [1.54, 1.807) is 12.1 Å². The largest absolute Gasteiger partial charge is 0.505 e. The molecule has 0 fully saturated rings. The molecule has 0 bridgehead atoms. The van der Waals surface area contributed by atoms with Gasteiger partial charge in [0.25, 0.3) is 0 Å². The Balaban J connectivity index is 1.76. The van der Waals surface area contributed by atoms with Gasteiger partial charge < -0.3 is 9.84 Å². The van der Waals surface area contributed by atoms with Crippen molar-refractivity contribution < 1.29 is 9.84 Å². The van der Waals surface area contributed by atoms with Gasteiger partial charge in [0.15, 0.2) is 5.75 Å². The summed E-state index contributed by atoms with van der Waals surface area (Å²) in [5.74, 6) is 0.685. The molecule has 0 saturated carbocycles. The van der Waals surface area contributed by atoms with Crippen molar-refractivity contribution in [2.75, 3.05) is 0 Å². The number of halogens is 2. The van der Waals surface area contributed by atoms with E-state index in [-0.39, 0.29) is 15.8 Å². The number of benzene rings is 2. The summed E-state index contributed by atoms with van der Waals surface area (Å²) in [6.07, 6.45) is 0. The number of thiazole rings is 1. The summed E-state index contributed by atoms with van der Waals surface area (Å²) in [6.45, 7) is 0.397. The van der Waals surface area contributed by atoms with Gasteiger partial charge in [-0.1, -0.05) is 41.4 Å². The predicted octanol–water partition coefficient (Wildman–Crippen LogP) is 5.40. The highest BCUT2D eigenvalue weighted by atomic mass is 35.5. The molecule has 1 heterocycles. The topological polar surface area (TPSA) is 42.4 Å². The first-order chi connectivity index (χ1) is 10.6. The van der Waals surface area contributed by atoms with Crippen LogP contribution in [0.1, 0.15) is 5.01 Å². The molecule has 3 rings (SSSR count). The molecular formula is C16H11Cl2NO2S. The van der Waals surface area contributed by atoms with Gasteiger partial charge in [-0.15, -0.1) is 11.3 Å². The lowest BCUT2D eigenvalue weighted by Gasteiger charge is -2.04. The van der Waals surface area contributed by atoms with Crippen molar-refractivity contribution in [2.45, 2.75) is 6.61 Å². The molecule has 0 amide bonds. The van der Waals surface area contributed by atoms with Gasteiger partial charge in [0.1, 0.15) is 17.4 Å². The Morgan fingerprint density at radius 2 is 1.77 bits per heavy atom. The number of para-hydroxylation sites is 1. The summed E-state index contributed by atoms with van der Waals surface area (Å²) in [7, 11) is 0. The lowest BCUT2D eigenvalue weighted by atomic mass is 10.1. The second kappa shape index (κ2) is 6.57. The highest BCUT2D eigenvalue weighted by Crippen LogP contribution is 2.36. The van der Waals surface area contributed by atoms with Crippen molar-refractivity contribution >= 4 is 34.5 Å². The van der Waals surface area contributed by atoms with Crippen molar-refractivity contribution in [2.24, 2.45) is 0 Å². The molecule has 0 atom stereocenters. The van der Waals surface area contributed by atoms with E-state index in [1.807, 2.05) is 35.7 Å². The Hall–Kier alpha value is -1.75. The van der Waals surface area contributed by atoms with Gasteiger partial charge in [-0.25, -0.2) is 4.98 Å². The molecule has 0 aliphatic carbocycles. The van der Waals surface area contributed by atoms with Crippen molar-refractivity contribution in [3.63, 3.8) is 0 Å². The second-order valence-corrected chi connectivity index (χ2v) is 6.27. The van der Waals surface area contributed by atoms with Gasteiger partial charge in [0.2, 0.25) is 0 Å². The number of nitrogens with zero attached hydrogens (tertiary/aromatic N) is 1. The number of rotatable bonds is 4. The van der Waals surface area contributed by atoms with Crippen LogP contribution in [-0.4, -0.2) is 10.1 Å². The van der Waals surface area contributed by atoms with E-state index in [0.29, 0.717) is 6.61 Å². The molecule has 1 aromatic heterocycles. The molecule has 0 radical (unpaired) electrons. The summed E-state index contributed by atoms with van der Waals surface area (Å²) < 4.78 is 5.66. The highest BCUT2D eigenvalue weighted by molar-refractivity contribution is 7.09. The summed E-state index contributed by atoms with van der Waals surface area (Å²) >= 11 is 13.4. The Morgan fingerprint density at radius 1 is 1.09 bits per heavy atom. The summed E-state index contributed by atoms with van der Waals surface area (Å²) in [4.78, 5) is 4.50. The second-order valence-electron chi connectivity index (χ2n) is 4.52. The number of aromatic hydroxyl groups is 1. The maximum atomic E-state index is 9.59. The molecule has 6 heteroatoms. The molecule has 3 nitrogen and oxygen atoms in total. The lowest BCUT2D eigenvalue weighted by molar-refractivity contribution is 0.305. The summed E-state index contributed by atoms with van der Waals surface area (Å²) in [6, 6.07) is 12.8. The third kappa shape index (κ3) is 3.35. The molecule has 0 aliphatic rings. The average molecular weight is 352 g/mol. The lowest BCUT2D eigenvalue weighted by Crippen LogP contribution is -1.94. The fourth-order valence-corrected chi connectivity index (χ4v) is 3.09. The van der Waals surface area contributed by atoms with E-state index >= 15 is 0 Å². The molecule has 2 aromatic carbocycles. The zero-order valence-electron chi connectivity index (χ0n) is 11.3. The maximum absolute atomic E-state index is 9.59. The Labute approximate surface area is 141 Å². The number of phenols is 1. The predicted molar refractivity (Wildman–Crippen MR) is 90.0 cm³/mol. The van der Waals surface area contributed by atoms with Crippen LogP contribution in [0.3, 0.4) is 0 Å². The van der Waals surface area contributed by atoms with Gasteiger partial charge in [-0.3, -0.25) is 0 Å². The first-order valence-electron chi connectivity index (χ1n) is 6.44. The van der Waals surface area contributed by atoms with E-state index in [2.05, 4.69) is 4.98 Å². The number of hydrogen-bond acceptors (Lipinski definition) is 4. The Bertz CT molecular complexity index is 767. The van der Waals surface area contributed by atoms with Gasteiger partial charge >= 0.3 is 0 Å². The van der Waals surface area contributed by atoms with Crippen LogP contribution >= 0.6 is 34.5 Å². The van der Waals surface area contributed by atoms with Crippen molar-refractivity contribution in [3.05, 3.63) is 62.9 Å². The SMILES string of the molecule is Oc1c(Cl)cc(-c2csc(COc3ccccc3)n2)cc1Cl. The Morgan fingerprint density at radius 3 is 2.45 bits per heavy atom. The first kappa shape index (κ1) is 15.2. The molecule has 112 valence electrons. The van der Waals surface area contributed by atoms with Crippen molar-refractivity contribution in [1.29, 1.82) is 0 Å². The van der Waals surface area contributed by atoms with Crippen molar-refractivity contribution in [3.8, 4) is 22.8 Å². The van der Waals surface area contributed by atoms with E-state index in [4.69, 9.17) is 27.9 Å². The van der Waals surface area contributed by atoms with Crippen LogP contribution in [0, 0.1) is 0 Å². The van der Waals surface area contributed by atoms with Crippen LogP contribution in [0.25, 0.3) is 11.3 Å². The fourth-order valence-electron chi connectivity index (χ4n) is 1.88. The van der Waals surface area contributed by atoms with Gasteiger partial charge in [0.05, 0.1) is 15.7 Å². The first-order valence-corrected chi connectivity index (χ1v) is 8.07. The van der Waals surface area contributed by atoms with Gasteiger partial charge in [-0.05, 0) is 24.3 Å². The minimum absolute atomic E-state index is 0.116. The number of ether oxygens (including phenoxy) is 1. The number of phenolic OH excluding ortho intramolecular Hbond substituents is 1. The average Bonchev–Trinajstić information content (AvgIpc) is 3.00. The monoisotopic (exact) mass is 351 g/mol. The molecule has 0 aliphatic heterocycles. The maximum Gasteiger partial charge on any atom is 0.152 e. The smallest absolute Gasteiger partial charge is 0.152 e. The normalized spacial score (nSPS) is 10.6. The minimum Gasteiger partial charge on any atom is -0.505 e. The molecule has 0 spiro atoms. The molecule has 22 heavy (non-hydrogen) atoms. The number of hydrogen-bond donors (Lipinski definition) is 1. The van der Waals surface area contributed by atoms with Crippen LogP contribution in [-0.2, 0) is 6.61 Å². The van der Waals surface area contributed by atoms with Crippen LogP contribution in [0.5, 0.6) is 11.5 Å². The standard InChI is InChI=1S/C16H11Cl2NO2S/c17-12-6-10(7-13(18)16(12)20)14-9-22-15(19-14)8-21-11-4-2-1-3-5-11/h1-7,9,20H,8H2. The van der Waals surface area contributed by atoms with Gasteiger partial charge in [0, 0.05) is 10.9 Å². The summed E-state index contributed by atoms with van der Waals surface area (Å²) in [5.41, 5.74) is 1.51. The molecular weight excluding hydrogens is 341 g/mol. The zero-order valence-corrected chi connectivity index (χ0v) is 13.6. The zero-order chi connectivity index (χ0) is 15.5. The quantitative estimate of drug-likeness (QED) is 0.683. The number of aromatic nitrogens is 1. The fraction of sp³-hybridized carbons (Fsp3) is 0.0625. The van der Waals surface area contributed by atoms with Crippen LogP contribution in [0.2, 0.25) is 10.0 Å². The third-order valence-electron chi connectivity index (χ3n) is 2.97. The van der Waals surface area contributed by atoms with E-state index in [0.717, 1.165) is 22.0 Å². The van der Waals surface area contributed by atoms with Gasteiger partial charge in [-0.2, -0.15) is 0 Å². The molecule has 0 unspecified atom stereocenters. The van der Waals surface area contributed by atoms with E-state index in [9.17, 15) is 5.11 Å². The highest BCUT2D eigenvalue weighted by Gasteiger charge is 2.11.